The fourth-order valence-corrected chi connectivity index (χ4v) is 6.41. The summed E-state index contributed by atoms with van der Waals surface area (Å²) in [7, 11) is 0. The molecule has 5 N–H and O–H groups in total. The van der Waals surface area contributed by atoms with Crippen molar-refractivity contribution >= 4 is 29.3 Å². The zero-order valence-corrected chi connectivity index (χ0v) is 21.9. The maximum atomic E-state index is 13.4. The topological polar surface area (TPSA) is 120 Å². The molecule has 0 aliphatic carbocycles. The Kier molecular flexibility index (Phi) is 9.03. The van der Waals surface area contributed by atoms with Crippen molar-refractivity contribution in [3.05, 3.63) is 35.4 Å². The first kappa shape index (κ1) is 27.1. The van der Waals surface area contributed by atoms with E-state index in [0.717, 1.165) is 12.8 Å². The number of aliphatic hydroxyl groups is 3. The number of carbonyl (C=O) groups is 1. The van der Waals surface area contributed by atoms with E-state index < -0.39 is 47.3 Å². The van der Waals surface area contributed by atoms with Gasteiger partial charge in [0.2, 0.25) is 5.91 Å². The van der Waals surface area contributed by atoms with Gasteiger partial charge in [0.15, 0.2) is 0 Å². The summed E-state index contributed by atoms with van der Waals surface area (Å²) < 4.78 is 12.1. The Morgan fingerprint density at radius 2 is 1.91 bits per heavy atom. The van der Waals surface area contributed by atoms with Gasteiger partial charge in [-0.15, -0.1) is 23.4 Å². The lowest BCUT2D eigenvalue weighted by atomic mass is 9.85. The highest BCUT2D eigenvalue weighted by Crippen LogP contribution is 2.36. The van der Waals surface area contributed by atoms with E-state index in [4.69, 9.17) is 21.1 Å². The van der Waals surface area contributed by atoms with Gasteiger partial charge in [0.25, 0.3) is 0 Å². The number of aryl methyl sites for hydroxylation is 1. The van der Waals surface area contributed by atoms with Crippen LogP contribution in [0.25, 0.3) is 0 Å². The molecule has 4 rings (SSSR count). The van der Waals surface area contributed by atoms with Crippen LogP contribution in [-0.4, -0.2) is 94.1 Å². The van der Waals surface area contributed by atoms with Crippen LogP contribution in [0.4, 0.5) is 0 Å². The van der Waals surface area contributed by atoms with Crippen molar-refractivity contribution in [2.75, 3.05) is 19.4 Å². The molecular formula is C25H37ClN2O6S. The minimum Gasteiger partial charge on any atom is -0.388 e. The second-order valence-electron chi connectivity index (χ2n) is 10.0. The Labute approximate surface area is 216 Å². The minimum atomic E-state index is -1.40. The van der Waals surface area contributed by atoms with Gasteiger partial charge in [-0.25, -0.2) is 0 Å². The standard InChI is InChI=1S/C25H37ClN2O6S/c1-12-4-6-14(7-5-12)15-8-9-33-22-16(10-15)11-27-18(22)24(32)28-17(13(2)26)23-20(30)19(29)21(31)25(34-23)35-3/h4-7,13,15-23,25,27,29-31H,8-11H2,1-3H3,(H,28,32)/t13-,15?,16-,17+,18-,19?,20?,21+,22+,23+,25?/m0/s1. The molecule has 196 valence electrons. The van der Waals surface area contributed by atoms with Crippen molar-refractivity contribution in [2.24, 2.45) is 5.92 Å². The summed E-state index contributed by atoms with van der Waals surface area (Å²) >= 11 is 7.64. The summed E-state index contributed by atoms with van der Waals surface area (Å²) in [5.74, 6) is 0.300. The minimum absolute atomic E-state index is 0.195. The van der Waals surface area contributed by atoms with E-state index in [-0.39, 0.29) is 17.9 Å². The number of rotatable bonds is 6. The third-order valence-electron chi connectivity index (χ3n) is 7.58. The van der Waals surface area contributed by atoms with Crippen molar-refractivity contribution in [1.82, 2.24) is 10.6 Å². The summed E-state index contributed by atoms with van der Waals surface area (Å²) in [5.41, 5.74) is 1.79. The van der Waals surface area contributed by atoms with E-state index in [2.05, 4.69) is 41.8 Å². The SMILES string of the molecule is CSC1O[C@H]([C@H](NC(=O)[C@H]2NC[C@@H]3CC(c4ccc(C)cc4)CCO[C@H]32)[C@H](C)Cl)C(O)C(O)[C@H]1O. The lowest BCUT2D eigenvalue weighted by Gasteiger charge is -2.44. The monoisotopic (exact) mass is 528 g/mol. The zero-order chi connectivity index (χ0) is 25.3. The lowest BCUT2D eigenvalue weighted by molar-refractivity contribution is -0.205. The van der Waals surface area contributed by atoms with Gasteiger partial charge in [0.05, 0.1) is 17.5 Å². The molecule has 0 bridgehead atoms. The molecular weight excluding hydrogens is 492 g/mol. The number of aliphatic hydroxyl groups excluding tert-OH is 3. The largest absolute Gasteiger partial charge is 0.388 e. The molecule has 3 saturated heterocycles. The summed E-state index contributed by atoms with van der Waals surface area (Å²) in [4.78, 5) is 13.4. The summed E-state index contributed by atoms with van der Waals surface area (Å²) in [6.07, 6.45) is -1.69. The summed E-state index contributed by atoms with van der Waals surface area (Å²) in [6, 6.07) is 7.30. The zero-order valence-electron chi connectivity index (χ0n) is 20.3. The Morgan fingerprint density at radius 1 is 1.20 bits per heavy atom. The molecule has 0 spiro atoms. The first-order valence-corrected chi connectivity index (χ1v) is 14.0. The number of benzene rings is 1. The second kappa shape index (κ2) is 11.6. The molecule has 1 amide bonds. The molecule has 3 heterocycles. The van der Waals surface area contributed by atoms with Crippen molar-refractivity contribution in [3.8, 4) is 0 Å². The van der Waals surface area contributed by atoms with Gasteiger partial charge in [0.1, 0.15) is 35.9 Å². The number of fused-ring (bicyclic) bond motifs is 1. The van der Waals surface area contributed by atoms with Crippen LogP contribution >= 0.6 is 23.4 Å². The molecule has 1 aromatic carbocycles. The first-order chi connectivity index (χ1) is 16.7. The normalized spacial score (nSPS) is 39.3. The average molecular weight is 529 g/mol. The van der Waals surface area contributed by atoms with E-state index in [9.17, 15) is 20.1 Å². The molecule has 8 nitrogen and oxygen atoms in total. The van der Waals surface area contributed by atoms with E-state index in [1.165, 1.54) is 22.9 Å². The number of ether oxygens (including phenoxy) is 2. The number of carbonyl (C=O) groups excluding carboxylic acids is 1. The van der Waals surface area contributed by atoms with Crippen LogP contribution in [0.1, 0.15) is 36.8 Å². The molecule has 11 atom stereocenters. The molecule has 3 fully saturated rings. The van der Waals surface area contributed by atoms with Crippen LogP contribution in [-0.2, 0) is 14.3 Å². The van der Waals surface area contributed by atoms with Crippen LogP contribution in [0.3, 0.4) is 0 Å². The molecule has 3 aliphatic rings. The number of alkyl halides is 1. The van der Waals surface area contributed by atoms with Crippen LogP contribution in [0.5, 0.6) is 0 Å². The van der Waals surface area contributed by atoms with Gasteiger partial charge in [0, 0.05) is 19.1 Å². The van der Waals surface area contributed by atoms with Gasteiger partial charge in [-0.1, -0.05) is 29.8 Å². The van der Waals surface area contributed by atoms with Crippen LogP contribution in [0.15, 0.2) is 24.3 Å². The number of hydrogen-bond donors (Lipinski definition) is 5. The number of thioether (sulfide) groups is 1. The van der Waals surface area contributed by atoms with E-state index >= 15 is 0 Å². The number of hydrogen-bond acceptors (Lipinski definition) is 8. The van der Waals surface area contributed by atoms with Crippen LogP contribution in [0.2, 0.25) is 0 Å². The number of amides is 1. The number of nitrogens with one attached hydrogen (secondary N) is 2. The Balaban J connectivity index is 1.44. The third kappa shape index (κ3) is 5.83. The lowest BCUT2D eigenvalue weighted by Crippen LogP contribution is -2.65. The fourth-order valence-electron chi connectivity index (χ4n) is 5.52. The molecule has 4 unspecified atom stereocenters. The maximum absolute atomic E-state index is 13.4. The second-order valence-corrected chi connectivity index (χ2v) is 11.6. The van der Waals surface area contributed by atoms with Gasteiger partial charge in [-0.05, 0) is 44.4 Å². The van der Waals surface area contributed by atoms with Gasteiger partial charge in [-0.3, -0.25) is 4.79 Å². The Morgan fingerprint density at radius 3 is 2.57 bits per heavy atom. The predicted octanol–water partition coefficient (Wildman–Crippen LogP) is 1.13. The molecule has 10 heteroatoms. The van der Waals surface area contributed by atoms with E-state index in [1.54, 1.807) is 13.2 Å². The van der Waals surface area contributed by atoms with Gasteiger partial charge in [-0.2, -0.15) is 0 Å². The van der Waals surface area contributed by atoms with Crippen molar-refractivity contribution in [3.63, 3.8) is 0 Å². The summed E-state index contributed by atoms with van der Waals surface area (Å²) in [6.45, 7) is 5.03. The third-order valence-corrected chi connectivity index (χ3v) is 8.71. The smallest absolute Gasteiger partial charge is 0.240 e. The molecule has 1 aromatic rings. The van der Waals surface area contributed by atoms with Crippen LogP contribution < -0.4 is 10.6 Å². The van der Waals surface area contributed by atoms with Crippen molar-refractivity contribution in [1.29, 1.82) is 0 Å². The van der Waals surface area contributed by atoms with Gasteiger partial charge < -0.3 is 35.4 Å². The van der Waals surface area contributed by atoms with Gasteiger partial charge >= 0.3 is 0 Å². The highest BCUT2D eigenvalue weighted by Gasteiger charge is 2.49. The Bertz CT molecular complexity index is 859. The molecule has 3 aliphatic heterocycles. The molecule has 35 heavy (non-hydrogen) atoms. The summed E-state index contributed by atoms with van der Waals surface area (Å²) in [5, 5.41) is 36.8. The van der Waals surface area contributed by atoms with E-state index in [1.807, 2.05) is 0 Å². The molecule has 0 aromatic heterocycles. The van der Waals surface area contributed by atoms with Crippen molar-refractivity contribution < 1.29 is 29.6 Å². The Hall–Kier alpha value is -0.910. The fraction of sp³-hybridized carbons (Fsp3) is 0.720. The quantitative estimate of drug-likeness (QED) is 0.349. The molecule has 0 radical (unpaired) electrons. The first-order valence-electron chi connectivity index (χ1n) is 12.3. The predicted molar refractivity (Wildman–Crippen MR) is 136 cm³/mol. The average Bonchev–Trinajstić information content (AvgIpc) is 3.12. The van der Waals surface area contributed by atoms with E-state index in [0.29, 0.717) is 19.1 Å². The number of halogens is 1. The highest BCUT2D eigenvalue weighted by molar-refractivity contribution is 7.99. The van der Waals surface area contributed by atoms with Crippen LogP contribution in [0, 0.1) is 12.8 Å². The maximum Gasteiger partial charge on any atom is 0.240 e. The highest BCUT2D eigenvalue weighted by atomic mass is 35.5. The van der Waals surface area contributed by atoms with Crippen molar-refractivity contribution in [2.45, 2.75) is 86.0 Å². The molecule has 0 saturated carbocycles.